The number of carbonyl (C=O) groups is 1. The summed E-state index contributed by atoms with van der Waals surface area (Å²) in [5, 5.41) is 3.08. The molecule has 0 spiro atoms. The lowest BCUT2D eigenvalue weighted by Crippen LogP contribution is -2.47. The number of benzene rings is 1. The van der Waals surface area contributed by atoms with E-state index in [1.807, 2.05) is 0 Å². The second-order valence-corrected chi connectivity index (χ2v) is 4.17. The van der Waals surface area contributed by atoms with E-state index in [4.69, 9.17) is 0 Å². The van der Waals surface area contributed by atoms with Crippen molar-refractivity contribution in [1.82, 2.24) is 10.2 Å². The highest BCUT2D eigenvalue weighted by Crippen LogP contribution is 2.15. The molecule has 0 unspecified atom stereocenters. The van der Waals surface area contributed by atoms with Gasteiger partial charge in [0.05, 0.1) is 6.42 Å². The van der Waals surface area contributed by atoms with Crippen LogP contribution in [0, 0.1) is 17.5 Å². The molecule has 2 rings (SSSR count). The number of piperazine rings is 1. The van der Waals surface area contributed by atoms with Gasteiger partial charge in [0, 0.05) is 37.8 Å². The van der Waals surface area contributed by atoms with Crippen molar-refractivity contribution in [1.29, 1.82) is 0 Å². The minimum Gasteiger partial charge on any atom is -0.340 e. The molecule has 1 aromatic rings. The van der Waals surface area contributed by atoms with Gasteiger partial charge in [0.25, 0.3) is 0 Å². The van der Waals surface area contributed by atoms with E-state index in [1.54, 1.807) is 4.90 Å². The van der Waals surface area contributed by atoms with Crippen molar-refractivity contribution in [2.24, 2.45) is 0 Å². The molecule has 1 heterocycles. The van der Waals surface area contributed by atoms with Crippen molar-refractivity contribution in [3.05, 3.63) is 35.1 Å². The van der Waals surface area contributed by atoms with E-state index in [2.05, 4.69) is 5.32 Å². The molecule has 0 bridgehead atoms. The fraction of sp³-hybridized carbons (Fsp3) is 0.417. The van der Waals surface area contributed by atoms with Gasteiger partial charge in [0.15, 0.2) is 11.6 Å². The van der Waals surface area contributed by atoms with Gasteiger partial charge in [0.2, 0.25) is 5.91 Å². The highest BCUT2D eigenvalue weighted by atomic mass is 35.5. The van der Waals surface area contributed by atoms with E-state index in [-0.39, 0.29) is 30.3 Å². The first-order valence-corrected chi connectivity index (χ1v) is 5.70. The Kier molecular flexibility index (Phi) is 5.62. The van der Waals surface area contributed by atoms with Gasteiger partial charge in [-0.2, -0.15) is 0 Å². The third kappa shape index (κ3) is 3.84. The molecular weight excluding hydrogens is 281 g/mol. The Hall–Kier alpha value is -1.27. The van der Waals surface area contributed by atoms with Crippen LogP contribution in [0.15, 0.2) is 12.1 Å². The smallest absolute Gasteiger partial charge is 0.227 e. The van der Waals surface area contributed by atoms with Crippen molar-refractivity contribution in [3.63, 3.8) is 0 Å². The van der Waals surface area contributed by atoms with Gasteiger partial charge in [-0.15, -0.1) is 12.4 Å². The summed E-state index contributed by atoms with van der Waals surface area (Å²) in [6.45, 7) is 2.46. The number of hydrogen-bond acceptors (Lipinski definition) is 2. The third-order valence-corrected chi connectivity index (χ3v) is 2.90. The van der Waals surface area contributed by atoms with Gasteiger partial charge in [-0.3, -0.25) is 4.79 Å². The Labute approximate surface area is 115 Å². The molecule has 1 N–H and O–H groups in total. The Bertz CT molecular complexity index is 465. The second kappa shape index (κ2) is 6.77. The number of nitrogens with zero attached hydrogens (tertiary/aromatic N) is 1. The van der Waals surface area contributed by atoms with Crippen LogP contribution >= 0.6 is 12.4 Å². The molecule has 1 aliphatic heterocycles. The van der Waals surface area contributed by atoms with Crippen LogP contribution in [0.2, 0.25) is 0 Å². The zero-order valence-corrected chi connectivity index (χ0v) is 10.9. The number of halogens is 4. The van der Waals surface area contributed by atoms with Gasteiger partial charge in [-0.25, -0.2) is 13.2 Å². The topological polar surface area (TPSA) is 32.3 Å². The van der Waals surface area contributed by atoms with E-state index in [0.717, 1.165) is 6.07 Å². The molecule has 19 heavy (non-hydrogen) atoms. The molecule has 1 saturated heterocycles. The lowest BCUT2D eigenvalue weighted by molar-refractivity contribution is -0.131. The molecule has 1 amide bonds. The largest absolute Gasteiger partial charge is 0.340 e. The van der Waals surface area contributed by atoms with Crippen LogP contribution in [0.1, 0.15) is 5.56 Å². The molecular formula is C12H14ClF3N2O. The normalized spacial score (nSPS) is 15.0. The van der Waals surface area contributed by atoms with Crippen LogP contribution in [0.3, 0.4) is 0 Å². The number of rotatable bonds is 2. The molecule has 106 valence electrons. The molecule has 1 aromatic carbocycles. The first-order valence-electron chi connectivity index (χ1n) is 5.70. The minimum atomic E-state index is -1.24. The van der Waals surface area contributed by atoms with Gasteiger partial charge in [0.1, 0.15) is 5.82 Å². The third-order valence-electron chi connectivity index (χ3n) is 2.90. The van der Waals surface area contributed by atoms with Crippen LogP contribution in [0.25, 0.3) is 0 Å². The SMILES string of the molecule is Cl.O=C(Cc1cc(F)c(F)cc1F)N1CCNCC1. The predicted octanol–water partition coefficient (Wildman–Crippen LogP) is 1.50. The molecule has 1 fully saturated rings. The summed E-state index contributed by atoms with van der Waals surface area (Å²) >= 11 is 0. The van der Waals surface area contributed by atoms with Crippen molar-refractivity contribution in [2.45, 2.75) is 6.42 Å². The number of amides is 1. The molecule has 0 saturated carbocycles. The van der Waals surface area contributed by atoms with Crippen molar-refractivity contribution in [3.8, 4) is 0 Å². The maximum Gasteiger partial charge on any atom is 0.227 e. The van der Waals surface area contributed by atoms with Crippen molar-refractivity contribution < 1.29 is 18.0 Å². The van der Waals surface area contributed by atoms with E-state index in [9.17, 15) is 18.0 Å². The van der Waals surface area contributed by atoms with Crippen molar-refractivity contribution in [2.75, 3.05) is 26.2 Å². The summed E-state index contributed by atoms with van der Waals surface area (Å²) in [4.78, 5) is 13.4. The van der Waals surface area contributed by atoms with Gasteiger partial charge >= 0.3 is 0 Å². The van der Waals surface area contributed by atoms with Crippen LogP contribution in [0.5, 0.6) is 0 Å². The number of nitrogens with one attached hydrogen (secondary N) is 1. The maximum absolute atomic E-state index is 13.4. The lowest BCUT2D eigenvalue weighted by Gasteiger charge is -2.27. The summed E-state index contributed by atoms with van der Waals surface area (Å²) in [6, 6.07) is 1.21. The average molecular weight is 295 g/mol. The van der Waals surface area contributed by atoms with Gasteiger partial charge < -0.3 is 10.2 Å². The zero-order valence-electron chi connectivity index (χ0n) is 10.1. The van der Waals surface area contributed by atoms with E-state index in [0.29, 0.717) is 32.2 Å². The molecule has 1 aliphatic rings. The summed E-state index contributed by atoms with van der Waals surface area (Å²) in [5.41, 5.74) is -0.113. The Morgan fingerprint density at radius 2 is 1.68 bits per heavy atom. The van der Waals surface area contributed by atoms with E-state index < -0.39 is 17.5 Å². The van der Waals surface area contributed by atoms with E-state index in [1.165, 1.54) is 0 Å². The molecule has 7 heteroatoms. The molecule has 0 aliphatic carbocycles. The maximum atomic E-state index is 13.4. The molecule has 0 aromatic heterocycles. The highest BCUT2D eigenvalue weighted by molar-refractivity contribution is 5.85. The molecule has 0 radical (unpaired) electrons. The molecule has 3 nitrogen and oxygen atoms in total. The van der Waals surface area contributed by atoms with Crippen LogP contribution in [0.4, 0.5) is 13.2 Å². The average Bonchev–Trinajstić information content (AvgIpc) is 2.37. The Balaban J connectivity index is 0.00000180. The molecule has 0 atom stereocenters. The van der Waals surface area contributed by atoms with E-state index >= 15 is 0 Å². The summed E-state index contributed by atoms with van der Waals surface area (Å²) in [6.07, 6.45) is -0.247. The van der Waals surface area contributed by atoms with Gasteiger partial charge in [-0.1, -0.05) is 0 Å². The zero-order chi connectivity index (χ0) is 13.1. The summed E-state index contributed by atoms with van der Waals surface area (Å²) < 4.78 is 39.1. The number of hydrogen-bond donors (Lipinski definition) is 1. The monoisotopic (exact) mass is 294 g/mol. The first-order chi connectivity index (χ1) is 8.58. The quantitative estimate of drug-likeness (QED) is 0.839. The van der Waals surface area contributed by atoms with Crippen LogP contribution in [-0.2, 0) is 11.2 Å². The van der Waals surface area contributed by atoms with Crippen LogP contribution < -0.4 is 5.32 Å². The summed E-state index contributed by atoms with van der Waals surface area (Å²) in [7, 11) is 0. The first kappa shape index (κ1) is 15.8. The highest BCUT2D eigenvalue weighted by Gasteiger charge is 2.19. The lowest BCUT2D eigenvalue weighted by atomic mass is 10.1. The number of carbonyl (C=O) groups excluding carboxylic acids is 1. The minimum absolute atomic E-state index is 0. The Morgan fingerprint density at radius 1 is 1.11 bits per heavy atom. The standard InChI is InChI=1S/C12H13F3N2O.ClH/c13-9-7-11(15)10(14)5-8(9)6-12(18)17-3-1-16-2-4-17;/h5,7,16H,1-4,6H2;1H. The predicted molar refractivity (Wildman–Crippen MR) is 66.7 cm³/mol. The van der Waals surface area contributed by atoms with Crippen molar-refractivity contribution >= 4 is 18.3 Å². The van der Waals surface area contributed by atoms with Crippen LogP contribution in [-0.4, -0.2) is 37.0 Å². The Morgan fingerprint density at radius 3 is 2.32 bits per heavy atom. The fourth-order valence-electron chi connectivity index (χ4n) is 1.89. The second-order valence-electron chi connectivity index (χ2n) is 4.17. The fourth-order valence-corrected chi connectivity index (χ4v) is 1.89. The summed E-state index contributed by atoms with van der Waals surface area (Å²) in [5.74, 6) is -3.55. The van der Waals surface area contributed by atoms with Gasteiger partial charge in [-0.05, 0) is 6.07 Å².